The van der Waals surface area contributed by atoms with Gasteiger partial charge in [0.05, 0.1) is 19.8 Å². The SMILES string of the molecule is CCC(C)(CC(C)(C)C)C(OCCOCCOC)=C1CCC1. The third kappa shape index (κ3) is 6.29. The summed E-state index contributed by atoms with van der Waals surface area (Å²) in [4.78, 5) is 0. The fraction of sp³-hybridized carbons (Fsp3) is 0.895. The lowest BCUT2D eigenvalue weighted by Crippen LogP contribution is -2.29. The second-order valence-electron chi connectivity index (χ2n) is 7.89. The molecule has 1 atom stereocenters. The van der Waals surface area contributed by atoms with Gasteiger partial charge in [0.2, 0.25) is 0 Å². The molecule has 1 unspecified atom stereocenters. The summed E-state index contributed by atoms with van der Waals surface area (Å²) >= 11 is 0. The second-order valence-corrected chi connectivity index (χ2v) is 7.89. The number of hydrogen-bond donors (Lipinski definition) is 0. The Hall–Kier alpha value is -0.540. The van der Waals surface area contributed by atoms with Crippen LogP contribution in [0.5, 0.6) is 0 Å². The average Bonchev–Trinajstić information content (AvgIpc) is 2.37. The van der Waals surface area contributed by atoms with Gasteiger partial charge in [-0.1, -0.05) is 34.6 Å². The summed E-state index contributed by atoms with van der Waals surface area (Å²) in [5.74, 6) is 1.26. The van der Waals surface area contributed by atoms with Gasteiger partial charge < -0.3 is 14.2 Å². The molecule has 1 saturated carbocycles. The molecule has 0 N–H and O–H groups in total. The number of hydrogen-bond acceptors (Lipinski definition) is 3. The molecule has 0 bridgehead atoms. The van der Waals surface area contributed by atoms with Crippen molar-refractivity contribution in [3.63, 3.8) is 0 Å². The molecular weight excluding hydrogens is 276 g/mol. The van der Waals surface area contributed by atoms with Crippen LogP contribution in [0.15, 0.2) is 11.3 Å². The Labute approximate surface area is 137 Å². The van der Waals surface area contributed by atoms with E-state index in [0.29, 0.717) is 31.8 Å². The first kappa shape index (κ1) is 19.5. The van der Waals surface area contributed by atoms with Crippen LogP contribution in [0.3, 0.4) is 0 Å². The van der Waals surface area contributed by atoms with Crippen LogP contribution in [-0.4, -0.2) is 33.5 Å². The van der Waals surface area contributed by atoms with Crippen molar-refractivity contribution in [2.45, 2.75) is 66.7 Å². The van der Waals surface area contributed by atoms with E-state index in [2.05, 4.69) is 34.6 Å². The molecule has 0 aliphatic heterocycles. The molecule has 0 radical (unpaired) electrons. The number of ether oxygens (including phenoxy) is 3. The third-order valence-electron chi connectivity index (χ3n) is 4.43. The highest BCUT2D eigenvalue weighted by Gasteiger charge is 2.36. The summed E-state index contributed by atoms with van der Waals surface area (Å²) in [5.41, 5.74) is 1.98. The summed E-state index contributed by atoms with van der Waals surface area (Å²) < 4.78 is 16.8. The van der Waals surface area contributed by atoms with Gasteiger partial charge in [-0.25, -0.2) is 0 Å². The molecule has 1 aliphatic carbocycles. The molecule has 1 aliphatic rings. The normalized spacial score (nSPS) is 17.8. The molecule has 1 rings (SSSR count). The van der Waals surface area contributed by atoms with Crippen LogP contribution in [-0.2, 0) is 14.2 Å². The monoisotopic (exact) mass is 312 g/mol. The van der Waals surface area contributed by atoms with E-state index in [9.17, 15) is 0 Å². The molecule has 0 aromatic carbocycles. The van der Waals surface area contributed by atoms with Crippen LogP contribution in [0, 0.1) is 10.8 Å². The van der Waals surface area contributed by atoms with Crippen molar-refractivity contribution in [1.82, 2.24) is 0 Å². The molecule has 0 spiro atoms. The summed E-state index contributed by atoms with van der Waals surface area (Å²) in [7, 11) is 1.69. The highest BCUT2D eigenvalue weighted by Crippen LogP contribution is 2.46. The molecular formula is C19H36O3. The van der Waals surface area contributed by atoms with Gasteiger partial charge in [0.1, 0.15) is 12.4 Å². The zero-order valence-electron chi connectivity index (χ0n) is 15.6. The van der Waals surface area contributed by atoms with Gasteiger partial charge in [-0.15, -0.1) is 0 Å². The first-order valence-electron chi connectivity index (χ1n) is 8.74. The molecule has 0 amide bonds. The van der Waals surface area contributed by atoms with Crippen LogP contribution in [0.2, 0.25) is 0 Å². The maximum absolute atomic E-state index is 6.24. The van der Waals surface area contributed by atoms with Crippen molar-refractivity contribution in [2.24, 2.45) is 10.8 Å². The van der Waals surface area contributed by atoms with Crippen molar-refractivity contribution in [3.05, 3.63) is 11.3 Å². The zero-order chi connectivity index (χ0) is 16.6. The minimum atomic E-state index is 0.139. The van der Waals surface area contributed by atoms with Gasteiger partial charge in [-0.2, -0.15) is 0 Å². The highest BCUT2D eigenvalue weighted by atomic mass is 16.5. The largest absolute Gasteiger partial charge is 0.495 e. The van der Waals surface area contributed by atoms with E-state index < -0.39 is 0 Å². The van der Waals surface area contributed by atoms with Gasteiger partial charge in [0, 0.05) is 12.5 Å². The Bertz CT molecular complexity index is 348. The Morgan fingerprint density at radius 2 is 1.64 bits per heavy atom. The van der Waals surface area contributed by atoms with Gasteiger partial charge in [0.25, 0.3) is 0 Å². The smallest absolute Gasteiger partial charge is 0.111 e. The van der Waals surface area contributed by atoms with Gasteiger partial charge in [-0.3, -0.25) is 0 Å². The van der Waals surface area contributed by atoms with Crippen molar-refractivity contribution in [3.8, 4) is 0 Å². The van der Waals surface area contributed by atoms with Gasteiger partial charge in [-0.05, 0) is 43.1 Å². The lowest BCUT2D eigenvalue weighted by Gasteiger charge is -2.39. The van der Waals surface area contributed by atoms with E-state index >= 15 is 0 Å². The van der Waals surface area contributed by atoms with Crippen molar-refractivity contribution in [2.75, 3.05) is 33.5 Å². The van der Waals surface area contributed by atoms with Crippen LogP contribution in [0.25, 0.3) is 0 Å². The summed E-state index contributed by atoms with van der Waals surface area (Å²) in [6.07, 6.45) is 5.99. The lowest BCUT2D eigenvalue weighted by molar-refractivity contribution is 0.0224. The summed E-state index contributed by atoms with van der Waals surface area (Å²) in [6, 6.07) is 0. The van der Waals surface area contributed by atoms with Crippen LogP contribution >= 0.6 is 0 Å². The first-order chi connectivity index (χ1) is 10.3. The van der Waals surface area contributed by atoms with Crippen LogP contribution < -0.4 is 0 Å². The molecule has 0 aromatic heterocycles. The molecule has 3 nitrogen and oxygen atoms in total. The molecule has 130 valence electrons. The Morgan fingerprint density at radius 1 is 1.00 bits per heavy atom. The fourth-order valence-electron chi connectivity index (χ4n) is 3.27. The fourth-order valence-corrected chi connectivity index (χ4v) is 3.27. The van der Waals surface area contributed by atoms with Crippen molar-refractivity contribution < 1.29 is 14.2 Å². The second kappa shape index (κ2) is 8.93. The topological polar surface area (TPSA) is 27.7 Å². The van der Waals surface area contributed by atoms with E-state index in [1.165, 1.54) is 30.6 Å². The van der Waals surface area contributed by atoms with Crippen LogP contribution in [0.4, 0.5) is 0 Å². The number of methoxy groups -OCH3 is 1. The van der Waals surface area contributed by atoms with E-state index in [1.54, 1.807) is 7.11 Å². The maximum Gasteiger partial charge on any atom is 0.111 e. The Balaban J connectivity index is 2.64. The zero-order valence-corrected chi connectivity index (χ0v) is 15.6. The maximum atomic E-state index is 6.24. The minimum Gasteiger partial charge on any atom is -0.495 e. The molecule has 3 heteroatoms. The van der Waals surface area contributed by atoms with E-state index in [-0.39, 0.29) is 5.41 Å². The summed E-state index contributed by atoms with van der Waals surface area (Å²) in [5, 5.41) is 0. The van der Waals surface area contributed by atoms with E-state index in [4.69, 9.17) is 14.2 Å². The predicted molar refractivity (Wildman–Crippen MR) is 92.0 cm³/mol. The first-order valence-corrected chi connectivity index (χ1v) is 8.74. The number of allylic oxidation sites excluding steroid dienone is 2. The Kier molecular flexibility index (Phi) is 7.92. The van der Waals surface area contributed by atoms with Gasteiger partial charge in [0.15, 0.2) is 0 Å². The molecule has 22 heavy (non-hydrogen) atoms. The van der Waals surface area contributed by atoms with Crippen LogP contribution in [0.1, 0.15) is 66.7 Å². The Morgan fingerprint density at radius 3 is 2.09 bits per heavy atom. The van der Waals surface area contributed by atoms with E-state index in [0.717, 1.165) is 12.8 Å². The lowest BCUT2D eigenvalue weighted by atomic mass is 9.69. The summed E-state index contributed by atoms with van der Waals surface area (Å²) in [6.45, 7) is 14.2. The highest BCUT2D eigenvalue weighted by molar-refractivity contribution is 5.21. The molecule has 0 heterocycles. The molecule has 0 aromatic rings. The molecule has 1 fully saturated rings. The average molecular weight is 312 g/mol. The standard InChI is InChI=1S/C19H36O3/c1-7-19(5,15-18(2,3)4)17(16-9-8-10-16)22-14-13-21-12-11-20-6/h7-15H2,1-6H3. The minimum absolute atomic E-state index is 0.139. The van der Waals surface area contributed by atoms with Crippen molar-refractivity contribution in [1.29, 1.82) is 0 Å². The predicted octanol–water partition coefficient (Wildman–Crippen LogP) is 4.96. The molecule has 0 saturated heterocycles. The third-order valence-corrected chi connectivity index (χ3v) is 4.43. The number of rotatable bonds is 10. The quantitative estimate of drug-likeness (QED) is 0.421. The van der Waals surface area contributed by atoms with Crippen molar-refractivity contribution >= 4 is 0 Å². The van der Waals surface area contributed by atoms with E-state index in [1.807, 2.05) is 0 Å². The van der Waals surface area contributed by atoms with Gasteiger partial charge >= 0.3 is 0 Å².